The largest absolute Gasteiger partial charge is 0.476 e. The zero-order valence-corrected chi connectivity index (χ0v) is 6.71. The van der Waals surface area contributed by atoms with E-state index in [1.165, 1.54) is 11.6 Å². The van der Waals surface area contributed by atoms with E-state index < -0.39 is 11.7 Å². The van der Waals surface area contributed by atoms with E-state index in [1.54, 1.807) is 7.05 Å². The Bertz CT molecular complexity index is 363. The predicted octanol–water partition coefficient (Wildman–Crippen LogP) is -0.547. The van der Waals surface area contributed by atoms with Gasteiger partial charge in [0, 0.05) is 14.1 Å². The summed E-state index contributed by atoms with van der Waals surface area (Å²) in [5.74, 6) is -0.885. The monoisotopic (exact) mass is 171 g/mol. The van der Waals surface area contributed by atoms with Gasteiger partial charge in [-0.3, -0.25) is 9.55 Å². The van der Waals surface area contributed by atoms with E-state index in [2.05, 4.69) is 10.3 Å². The van der Waals surface area contributed by atoms with Gasteiger partial charge in [-0.05, 0) is 0 Å². The Morgan fingerprint density at radius 3 is 2.58 bits per heavy atom. The molecule has 66 valence electrons. The summed E-state index contributed by atoms with van der Waals surface area (Å²) >= 11 is 0. The molecular weight excluding hydrogens is 162 g/mol. The quantitative estimate of drug-likeness (QED) is 0.557. The van der Waals surface area contributed by atoms with Gasteiger partial charge in [0.1, 0.15) is 5.82 Å². The first-order chi connectivity index (χ1) is 5.57. The van der Waals surface area contributed by atoms with Crippen LogP contribution in [0.3, 0.4) is 0 Å². The maximum atomic E-state index is 10.9. The van der Waals surface area contributed by atoms with Crippen LogP contribution in [0.4, 0.5) is 5.82 Å². The number of imidazole rings is 1. The highest BCUT2D eigenvalue weighted by molar-refractivity contribution is 5.90. The van der Waals surface area contributed by atoms with Crippen molar-refractivity contribution in [2.24, 2.45) is 7.05 Å². The number of aromatic nitrogens is 2. The highest BCUT2D eigenvalue weighted by Crippen LogP contribution is 2.07. The van der Waals surface area contributed by atoms with Crippen LogP contribution < -0.4 is 11.0 Å². The summed E-state index contributed by atoms with van der Waals surface area (Å²) in [6.07, 6.45) is 0. The summed E-state index contributed by atoms with van der Waals surface area (Å²) in [5, 5.41) is 11.2. The van der Waals surface area contributed by atoms with Crippen molar-refractivity contribution in [1.29, 1.82) is 0 Å². The van der Waals surface area contributed by atoms with Crippen LogP contribution in [0.25, 0.3) is 0 Å². The third-order valence-electron chi connectivity index (χ3n) is 1.56. The molecule has 6 heteroatoms. The summed E-state index contributed by atoms with van der Waals surface area (Å²) in [6.45, 7) is 0. The SMILES string of the molecule is CNc1c(C(=O)O)[nH]c(=O)n1C. The number of nitrogens with zero attached hydrogens (tertiary/aromatic N) is 1. The molecule has 0 aromatic carbocycles. The molecule has 1 rings (SSSR count). The molecule has 0 amide bonds. The number of anilines is 1. The maximum absolute atomic E-state index is 10.9. The van der Waals surface area contributed by atoms with Gasteiger partial charge in [0.05, 0.1) is 0 Å². The minimum absolute atomic E-state index is 0.120. The lowest BCUT2D eigenvalue weighted by atomic mass is 10.4. The first kappa shape index (κ1) is 8.38. The van der Waals surface area contributed by atoms with E-state index in [9.17, 15) is 9.59 Å². The Labute approximate surface area is 67.8 Å². The van der Waals surface area contributed by atoms with Crippen molar-refractivity contribution in [1.82, 2.24) is 9.55 Å². The molecule has 0 saturated heterocycles. The van der Waals surface area contributed by atoms with Gasteiger partial charge in [-0.15, -0.1) is 0 Å². The molecule has 1 aromatic rings. The van der Waals surface area contributed by atoms with Gasteiger partial charge in [0.25, 0.3) is 0 Å². The Morgan fingerprint density at radius 2 is 2.25 bits per heavy atom. The van der Waals surface area contributed by atoms with Crippen LogP contribution >= 0.6 is 0 Å². The molecule has 0 fully saturated rings. The highest BCUT2D eigenvalue weighted by Gasteiger charge is 2.15. The summed E-state index contributed by atoms with van der Waals surface area (Å²) in [7, 11) is 3.03. The maximum Gasteiger partial charge on any atom is 0.356 e. The van der Waals surface area contributed by atoms with Crippen LogP contribution in [0.1, 0.15) is 10.5 Å². The molecule has 0 spiro atoms. The molecule has 0 saturated carbocycles. The van der Waals surface area contributed by atoms with Crippen LogP contribution in [0.15, 0.2) is 4.79 Å². The van der Waals surface area contributed by atoms with E-state index in [1.807, 2.05) is 0 Å². The topological polar surface area (TPSA) is 87.1 Å². The number of aromatic amines is 1. The average molecular weight is 171 g/mol. The van der Waals surface area contributed by atoms with Crippen molar-refractivity contribution < 1.29 is 9.90 Å². The van der Waals surface area contributed by atoms with Crippen LogP contribution in [0.5, 0.6) is 0 Å². The van der Waals surface area contributed by atoms with Crippen LogP contribution in [0, 0.1) is 0 Å². The summed E-state index contributed by atoms with van der Waals surface area (Å²) < 4.78 is 1.20. The number of carbonyl (C=O) groups is 1. The molecule has 0 atom stereocenters. The van der Waals surface area contributed by atoms with Gasteiger partial charge in [-0.1, -0.05) is 0 Å². The van der Waals surface area contributed by atoms with Gasteiger partial charge in [-0.25, -0.2) is 9.59 Å². The number of nitrogens with one attached hydrogen (secondary N) is 2. The molecule has 1 heterocycles. The molecule has 0 bridgehead atoms. The van der Waals surface area contributed by atoms with Crippen LogP contribution in [-0.2, 0) is 7.05 Å². The molecule has 12 heavy (non-hydrogen) atoms. The Balaban J connectivity index is 3.39. The number of hydrogen-bond acceptors (Lipinski definition) is 3. The Morgan fingerprint density at radius 1 is 1.67 bits per heavy atom. The number of hydrogen-bond donors (Lipinski definition) is 3. The lowest BCUT2D eigenvalue weighted by Crippen LogP contribution is -2.13. The number of aromatic carboxylic acids is 1. The van der Waals surface area contributed by atoms with Crippen molar-refractivity contribution in [3.05, 3.63) is 16.2 Å². The molecule has 3 N–H and O–H groups in total. The zero-order valence-electron chi connectivity index (χ0n) is 6.71. The minimum Gasteiger partial charge on any atom is -0.476 e. The fraction of sp³-hybridized carbons (Fsp3) is 0.333. The summed E-state index contributed by atoms with van der Waals surface area (Å²) in [4.78, 5) is 23.7. The highest BCUT2D eigenvalue weighted by atomic mass is 16.4. The smallest absolute Gasteiger partial charge is 0.356 e. The standard InChI is InChI=1S/C6H9N3O3/c1-7-4-3(5(10)11)8-6(12)9(4)2/h7H,1-2H3,(H,8,12)(H,10,11). The van der Waals surface area contributed by atoms with Crippen molar-refractivity contribution >= 4 is 11.8 Å². The van der Waals surface area contributed by atoms with E-state index in [0.29, 0.717) is 0 Å². The second-order valence-corrected chi connectivity index (χ2v) is 2.27. The Kier molecular flexibility index (Phi) is 1.90. The predicted molar refractivity (Wildman–Crippen MR) is 42.5 cm³/mol. The van der Waals surface area contributed by atoms with E-state index in [0.717, 1.165) is 0 Å². The molecule has 0 unspecified atom stereocenters. The normalized spacial score (nSPS) is 9.83. The molecule has 0 aliphatic carbocycles. The molecule has 6 nitrogen and oxygen atoms in total. The van der Waals surface area contributed by atoms with E-state index >= 15 is 0 Å². The van der Waals surface area contributed by atoms with Gasteiger partial charge in [0.15, 0.2) is 5.69 Å². The van der Waals surface area contributed by atoms with E-state index in [-0.39, 0.29) is 11.5 Å². The van der Waals surface area contributed by atoms with E-state index in [4.69, 9.17) is 5.11 Å². The van der Waals surface area contributed by atoms with Crippen molar-refractivity contribution in [3.8, 4) is 0 Å². The minimum atomic E-state index is -1.16. The number of H-pyrrole nitrogens is 1. The van der Waals surface area contributed by atoms with Gasteiger partial charge >= 0.3 is 11.7 Å². The van der Waals surface area contributed by atoms with Crippen LogP contribution in [0.2, 0.25) is 0 Å². The lowest BCUT2D eigenvalue weighted by Gasteiger charge is -1.99. The second-order valence-electron chi connectivity index (χ2n) is 2.27. The molecule has 1 aromatic heterocycles. The van der Waals surface area contributed by atoms with Crippen molar-refractivity contribution in [2.45, 2.75) is 0 Å². The summed E-state index contributed by atoms with van der Waals surface area (Å²) in [6, 6.07) is 0. The fourth-order valence-corrected chi connectivity index (χ4v) is 0.967. The van der Waals surface area contributed by atoms with Crippen molar-refractivity contribution in [3.63, 3.8) is 0 Å². The fourth-order valence-electron chi connectivity index (χ4n) is 0.967. The van der Waals surface area contributed by atoms with Gasteiger partial charge < -0.3 is 10.4 Å². The first-order valence-electron chi connectivity index (χ1n) is 3.28. The number of carboxylic acids is 1. The van der Waals surface area contributed by atoms with Crippen LogP contribution in [-0.4, -0.2) is 27.7 Å². The average Bonchev–Trinajstić information content (AvgIpc) is 2.29. The third kappa shape index (κ3) is 1.07. The number of carboxylic acid groups (broad SMARTS) is 1. The van der Waals surface area contributed by atoms with Gasteiger partial charge in [-0.2, -0.15) is 0 Å². The first-order valence-corrected chi connectivity index (χ1v) is 3.28. The molecule has 0 radical (unpaired) electrons. The second kappa shape index (κ2) is 2.72. The molecule has 0 aliphatic rings. The third-order valence-corrected chi connectivity index (χ3v) is 1.56. The summed E-state index contributed by atoms with van der Waals surface area (Å²) in [5.41, 5.74) is -0.568. The van der Waals surface area contributed by atoms with Gasteiger partial charge in [0.2, 0.25) is 0 Å². The number of rotatable bonds is 2. The Hall–Kier alpha value is -1.72. The van der Waals surface area contributed by atoms with Crippen molar-refractivity contribution in [2.75, 3.05) is 12.4 Å². The molecular formula is C6H9N3O3. The lowest BCUT2D eigenvalue weighted by molar-refractivity contribution is 0.0692. The molecule has 0 aliphatic heterocycles. The zero-order chi connectivity index (χ0) is 9.30.